The van der Waals surface area contributed by atoms with E-state index in [1.54, 1.807) is 11.3 Å². The summed E-state index contributed by atoms with van der Waals surface area (Å²) >= 11 is 1.61. The van der Waals surface area contributed by atoms with E-state index in [4.69, 9.17) is 19.7 Å². The smallest absolute Gasteiger partial charge is 0.181 e. The van der Waals surface area contributed by atoms with Crippen LogP contribution in [0.5, 0.6) is 0 Å². The number of aryl methyl sites for hydroxylation is 3. The van der Waals surface area contributed by atoms with Crippen molar-refractivity contribution in [1.82, 2.24) is 19.9 Å². The van der Waals surface area contributed by atoms with E-state index in [1.165, 1.54) is 5.56 Å². The molecule has 1 saturated heterocycles. The van der Waals surface area contributed by atoms with Gasteiger partial charge in [0, 0.05) is 59.4 Å². The largest absolute Gasteiger partial charge is 0.381 e. The lowest BCUT2D eigenvalue weighted by molar-refractivity contribution is 0.0639. The zero-order valence-corrected chi connectivity index (χ0v) is 29.3. The molecule has 48 heavy (non-hydrogen) atoms. The SMILES string of the molecule is Cc1ccnc(-c2c(CCC3CCOCC3)nc3c(c2-c2cc4ccnc(NC5CCc6ncccc65)c4s2)S(=O)(=O)CC3C(C)C)c1. The standard InChI is InChI=1S/C38H41N5O3S2/c1-22(2)27-21-48(44,45)37-34(32-20-25-11-16-41-38(36(25)47-32)43-29-9-8-28-26(29)5-4-14-39-28)33(31-19-23(3)10-15-40-31)30(42-35(27)37)7-6-24-12-17-46-18-13-24/h4-5,10-11,14-16,19-20,22,24,27,29H,6-9,12-13,17-18,21H2,1-3H3,(H,41,43). The molecule has 1 N–H and O–H groups in total. The van der Waals surface area contributed by atoms with Gasteiger partial charge in [0.05, 0.1) is 38.5 Å². The lowest BCUT2D eigenvalue weighted by Crippen LogP contribution is -2.17. The highest BCUT2D eigenvalue weighted by atomic mass is 32.2. The second-order valence-electron chi connectivity index (χ2n) is 13.9. The van der Waals surface area contributed by atoms with Crippen LogP contribution >= 0.6 is 11.3 Å². The normalized spacial score (nSPS) is 20.3. The van der Waals surface area contributed by atoms with Crippen LogP contribution < -0.4 is 5.32 Å². The topological polar surface area (TPSA) is 107 Å². The summed E-state index contributed by atoms with van der Waals surface area (Å²) in [5.74, 6) is 1.43. The molecule has 0 aromatic carbocycles. The Kier molecular flexibility index (Phi) is 8.29. The van der Waals surface area contributed by atoms with Gasteiger partial charge >= 0.3 is 0 Å². The zero-order valence-electron chi connectivity index (χ0n) is 27.7. The zero-order chi connectivity index (χ0) is 33.0. The number of fused-ring (bicyclic) bond motifs is 3. The molecule has 3 aliphatic rings. The van der Waals surface area contributed by atoms with Gasteiger partial charge in [-0.2, -0.15) is 0 Å². The molecular weight excluding hydrogens is 639 g/mol. The first-order valence-corrected chi connectivity index (χ1v) is 19.6. The molecule has 0 spiro atoms. The molecule has 2 atom stereocenters. The fourth-order valence-electron chi connectivity index (χ4n) is 7.77. The number of aromatic nitrogens is 4. The molecule has 0 amide bonds. The molecule has 2 aliphatic heterocycles. The first kappa shape index (κ1) is 31.5. The number of hydrogen-bond acceptors (Lipinski definition) is 9. The Morgan fingerprint density at radius 3 is 2.65 bits per heavy atom. The van der Waals surface area contributed by atoms with E-state index in [0.29, 0.717) is 10.8 Å². The summed E-state index contributed by atoms with van der Waals surface area (Å²) in [6.07, 6.45) is 11.2. The minimum atomic E-state index is -3.61. The Labute approximate surface area is 286 Å². The highest BCUT2D eigenvalue weighted by molar-refractivity contribution is 7.92. The predicted octanol–water partition coefficient (Wildman–Crippen LogP) is 8.11. The monoisotopic (exact) mass is 679 g/mol. The van der Waals surface area contributed by atoms with Crippen molar-refractivity contribution in [2.45, 2.75) is 76.2 Å². The molecule has 5 aromatic heterocycles. The van der Waals surface area contributed by atoms with Crippen LogP contribution in [0.1, 0.15) is 79.7 Å². The summed E-state index contributed by atoms with van der Waals surface area (Å²) in [4.78, 5) is 20.9. The maximum atomic E-state index is 14.3. The van der Waals surface area contributed by atoms with Gasteiger partial charge in [0.1, 0.15) is 5.82 Å². The Hall–Kier alpha value is -3.73. The summed E-state index contributed by atoms with van der Waals surface area (Å²) in [5.41, 5.74) is 7.47. The summed E-state index contributed by atoms with van der Waals surface area (Å²) in [5, 5.41) is 4.76. The van der Waals surface area contributed by atoms with E-state index >= 15 is 0 Å². The molecule has 0 saturated carbocycles. The van der Waals surface area contributed by atoms with Crippen molar-refractivity contribution in [2.24, 2.45) is 11.8 Å². The fourth-order valence-corrected chi connectivity index (χ4v) is 11.2. The third-order valence-electron chi connectivity index (χ3n) is 10.4. The van der Waals surface area contributed by atoms with Gasteiger partial charge in [0.2, 0.25) is 0 Å². The quantitative estimate of drug-likeness (QED) is 0.175. The predicted molar refractivity (Wildman–Crippen MR) is 191 cm³/mol. The van der Waals surface area contributed by atoms with Crippen molar-refractivity contribution in [3.05, 3.63) is 83.2 Å². The van der Waals surface area contributed by atoms with Crippen LogP contribution in [0.3, 0.4) is 0 Å². The molecular formula is C38H41N5O3S2. The number of hydrogen-bond donors (Lipinski definition) is 1. The maximum Gasteiger partial charge on any atom is 0.181 e. The third kappa shape index (κ3) is 5.71. The minimum absolute atomic E-state index is 0.0818. The van der Waals surface area contributed by atoms with Crippen LogP contribution in [-0.2, 0) is 27.4 Å². The van der Waals surface area contributed by atoms with Gasteiger partial charge in [-0.15, -0.1) is 11.3 Å². The highest BCUT2D eigenvalue weighted by Crippen LogP contribution is 2.51. The molecule has 0 radical (unpaired) electrons. The number of anilines is 1. The molecule has 248 valence electrons. The number of nitrogens with zero attached hydrogens (tertiary/aromatic N) is 4. The third-order valence-corrected chi connectivity index (χ3v) is 13.4. The van der Waals surface area contributed by atoms with Gasteiger partial charge in [-0.3, -0.25) is 15.0 Å². The fraction of sp³-hybridized carbons (Fsp3) is 0.421. The first-order chi connectivity index (χ1) is 23.3. The lowest BCUT2D eigenvalue weighted by atomic mass is 9.88. The van der Waals surface area contributed by atoms with Gasteiger partial charge < -0.3 is 10.1 Å². The average Bonchev–Trinajstić information content (AvgIpc) is 3.78. The second-order valence-corrected chi connectivity index (χ2v) is 17.0. The van der Waals surface area contributed by atoms with E-state index in [1.807, 2.05) is 36.8 Å². The molecule has 7 heterocycles. The van der Waals surface area contributed by atoms with E-state index in [-0.39, 0.29) is 23.6 Å². The van der Waals surface area contributed by atoms with Crippen LogP contribution in [0, 0.1) is 18.8 Å². The lowest BCUT2D eigenvalue weighted by Gasteiger charge is -2.23. The Morgan fingerprint density at radius 2 is 1.83 bits per heavy atom. The van der Waals surface area contributed by atoms with Crippen LogP contribution in [-0.4, -0.2) is 47.3 Å². The van der Waals surface area contributed by atoms with Crippen molar-refractivity contribution in [3.8, 4) is 21.7 Å². The number of ether oxygens (including phenoxy) is 1. The Balaban J connectivity index is 1.33. The summed E-state index contributed by atoms with van der Waals surface area (Å²) < 4.78 is 35.2. The number of pyridine rings is 4. The summed E-state index contributed by atoms with van der Waals surface area (Å²) in [6.45, 7) is 7.85. The number of thiophene rings is 1. The van der Waals surface area contributed by atoms with Gasteiger partial charge in [0.25, 0.3) is 0 Å². The van der Waals surface area contributed by atoms with E-state index in [2.05, 4.69) is 49.3 Å². The van der Waals surface area contributed by atoms with Crippen LogP contribution in [0.4, 0.5) is 5.82 Å². The average molecular weight is 680 g/mol. The number of sulfone groups is 1. The van der Waals surface area contributed by atoms with Crippen molar-refractivity contribution >= 4 is 37.1 Å². The molecule has 0 bridgehead atoms. The summed E-state index contributed by atoms with van der Waals surface area (Å²) in [6, 6.07) is 12.5. The van der Waals surface area contributed by atoms with Crippen LogP contribution in [0.2, 0.25) is 0 Å². The molecule has 1 aliphatic carbocycles. The number of nitrogens with one attached hydrogen (secondary N) is 1. The Morgan fingerprint density at radius 1 is 1.00 bits per heavy atom. The molecule has 8 nitrogen and oxygen atoms in total. The summed E-state index contributed by atoms with van der Waals surface area (Å²) in [7, 11) is -3.61. The van der Waals surface area contributed by atoms with E-state index < -0.39 is 9.84 Å². The highest BCUT2D eigenvalue weighted by Gasteiger charge is 2.42. The van der Waals surface area contributed by atoms with Crippen molar-refractivity contribution in [1.29, 1.82) is 0 Å². The van der Waals surface area contributed by atoms with E-state index in [0.717, 1.165) is 112 Å². The molecule has 2 unspecified atom stereocenters. The van der Waals surface area contributed by atoms with Crippen LogP contribution in [0.25, 0.3) is 31.8 Å². The molecule has 10 heteroatoms. The molecule has 1 fully saturated rings. The Bertz CT molecular complexity index is 2120. The molecule has 5 aromatic rings. The van der Waals surface area contributed by atoms with E-state index in [9.17, 15) is 8.42 Å². The minimum Gasteiger partial charge on any atom is -0.381 e. The van der Waals surface area contributed by atoms with Crippen molar-refractivity contribution in [2.75, 3.05) is 24.3 Å². The van der Waals surface area contributed by atoms with Gasteiger partial charge in [0.15, 0.2) is 9.84 Å². The second kappa shape index (κ2) is 12.6. The van der Waals surface area contributed by atoms with Gasteiger partial charge in [-0.25, -0.2) is 13.4 Å². The van der Waals surface area contributed by atoms with Gasteiger partial charge in [-0.1, -0.05) is 19.9 Å². The van der Waals surface area contributed by atoms with Crippen molar-refractivity contribution in [3.63, 3.8) is 0 Å². The van der Waals surface area contributed by atoms with Crippen molar-refractivity contribution < 1.29 is 13.2 Å². The maximum absolute atomic E-state index is 14.3. The number of rotatable bonds is 8. The van der Waals surface area contributed by atoms with Gasteiger partial charge in [-0.05, 0) is 104 Å². The molecule has 8 rings (SSSR count). The first-order valence-electron chi connectivity index (χ1n) is 17.2. The van der Waals surface area contributed by atoms with Crippen LogP contribution in [0.15, 0.2) is 59.9 Å².